The summed E-state index contributed by atoms with van der Waals surface area (Å²) in [4.78, 5) is 0. The molecule has 0 heterocycles. The Labute approximate surface area is 285 Å². The fraction of sp³-hybridized carbons (Fsp3) is 0.357. The summed E-state index contributed by atoms with van der Waals surface area (Å²) in [5, 5.41) is 0. The fourth-order valence-electron chi connectivity index (χ4n) is 9.09. The van der Waals surface area contributed by atoms with E-state index in [-0.39, 0.29) is 41.1 Å². The van der Waals surface area contributed by atoms with E-state index in [4.69, 9.17) is 4.21 Å². The molecule has 236 valence electrons. The van der Waals surface area contributed by atoms with Gasteiger partial charge in [0.1, 0.15) is 0 Å². The molecule has 0 aromatic heterocycles. The summed E-state index contributed by atoms with van der Waals surface area (Å²) in [6.45, 7) is 19.1. The van der Waals surface area contributed by atoms with Crippen LogP contribution in [0.25, 0.3) is 23.3 Å². The monoisotopic (exact) mass is 714 g/mol. The van der Waals surface area contributed by atoms with E-state index >= 15 is 0 Å². The zero-order valence-corrected chi connectivity index (χ0v) is 32.7. The molecule has 3 aromatic carbocycles. The van der Waals surface area contributed by atoms with Gasteiger partial charge in [-0.05, 0) is 0 Å². The predicted molar refractivity (Wildman–Crippen MR) is 201 cm³/mol. The Morgan fingerprint density at radius 1 is 0.844 bits per heavy atom. The molecular weight excluding hydrogens is 667 g/mol. The molecule has 0 bridgehead atoms. The van der Waals surface area contributed by atoms with Crippen molar-refractivity contribution in [1.29, 1.82) is 0 Å². The molecule has 0 N–H and O–H groups in total. The van der Waals surface area contributed by atoms with Gasteiger partial charge in [-0.2, -0.15) is 0 Å². The molecule has 0 saturated heterocycles. The molecule has 1 atom stereocenters. The molecule has 0 radical (unpaired) electrons. The summed E-state index contributed by atoms with van der Waals surface area (Å²) in [6.07, 6.45) is 14.6. The minimum absolute atomic E-state index is 0. The van der Waals surface area contributed by atoms with Gasteiger partial charge in [-0.1, -0.05) is 0 Å². The normalized spacial score (nSPS) is 20.2. The fourth-order valence-corrected chi connectivity index (χ4v) is 24.5. The summed E-state index contributed by atoms with van der Waals surface area (Å²) >= 11 is -4.29. The Morgan fingerprint density at radius 2 is 1.44 bits per heavy atom. The standard InChI is InChI=1S/C23H21.C11H17.C6H5.CH3.CH2.2ClH.Zr/c1-22(2)7-5-14-10-18-16(12-20(14)22)9-17-13-21-15(11-19(17)18)6-8-23(21,3)4;1-5-9-6-7-10(8-9)11(2,3)4;1-2-4-6-5-3-1;;;;;/h5-7,10-13H,9H2,1-4H3;7-9H,5H2,1-4H3;1-5H;1H3;1H2;2*1H;. The van der Waals surface area contributed by atoms with Crippen molar-refractivity contribution in [3.05, 3.63) is 118 Å². The summed E-state index contributed by atoms with van der Waals surface area (Å²) in [5.74, 6) is 0.444. The Hall–Kier alpha value is -2.05. The molecule has 1 unspecified atom stereocenters. The van der Waals surface area contributed by atoms with E-state index in [0.29, 0.717) is 5.92 Å². The zero-order valence-electron chi connectivity index (χ0n) is 28.6. The van der Waals surface area contributed by atoms with Crippen LogP contribution in [0.4, 0.5) is 0 Å². The van der Waals surface area contributed by atoms with Crippen LogP contribution in [0.5, 0.6) is 0 Å². The van der Waals surface area contributed by atoms with Crippen molar-refractivity contribution in [2.75, 3.05) is 0 Å². The average molecular weight is 717 g/mol. The Balaban J connectivity index is 0.00000200. The van der Waals surface area contributed by atoms with Gasteiger partial charge in [-0.25, -0.2) is 0 Å². The number of hydrogen-bond acceptors (Lipinski definition) is 0. The maximum absolute atomic E-state index is 5.53. The molecule has 3 heteroatoms. The van der Waals surface area contributed by atoms with E-state index in [1.807, 2.05) is 0 Å². The second-order valence-electron chi connectivity index (χ2n) is 16.5. The van der Waals surface area contributed by atoms with Crippen LogP contribution in [0.3, 0.4) is 0 Å². The molecule has 0 aliphatic heterocycles. The second kappa shape index (κ2) is 10.7. The molecule has 0 fully saturated rings. The number of fused-ring (bicyclic) bond motifs is 5. The van der Waals surface area contributed by atoms with Crippen molar-refractivity contribution >= 4 is 44.4 Å². The van der Waals surface area contributed by atoms with Crippen LogP contribution in [0.2, 0.25) is 4.63 Å². The average Bonchev–Trinajstić information content (AvgIpc) is 3.69. The Bertz CT molecular complexity index is 1920. The maximum atomic E-state index is 5.53. The number of benzene rings is 3. The van der Waals surface area contributed by atoms with Crippen molar-refractivity contribution < 1.29 is 18.3 Å². The van der Waals surface area contributed by atoms with Gasteiger partial charge >= 0.3 is 262 Å². The Morgan fingerprint density at radius 3 is 2.04 bits per heavy atom. The number of allylic oxidation sites excluding steroid dienone is 6. The van der Waals surface area contributed by atoms with Crippen LogP contribution in [0.1, 0.15) is 95.2 Å². The van der Waals surface area contributed by atoms with E-state index in [0.717, 1.165) is 12.8 Å². The van der Waals surface area contributed by atoms with Crippen LogP contribution in [-0.4, -0.2) is 4.21 Å². The zero-order chi connectivity index (χ0) is 30.8. The van der Waals surface area contributed by atoms with Gasteiger partial charge in [0.25, 0.3) is 0 Å². The molecule has 0 amide bonds. The van der Waals surface area contributed by atoms with Gasteiger partial charge in [0, 0.05) is 0 Å². The van der Waals surface area contributed by atoms with Crippen molar-refractivity contribution in [3.63, 3.8) is 0 Å². The van der Waals surface area contributed by atoms with Crippen LogP contribution in [-0.2, 0) is 35.5 Å². The van der Waals surface area contributed by atoms with Gasteiger partial charge in [0.2, 0.25) is 0 Å². The number of rotatable bonds is 4. The summed E-state index contributed by atoms with van der Waals surface area (Å²) in [6, 6.07) is 21.5. The van der Waals surface area contributed by atoms with Gasteiger partial charge in [-0.3, -0.25) is 0 Å². The molecule has 0 saturated carbocycles. The first-order valence-electron chi connectivity index (χ1n) is 16.4. The topological polar surface area (TPSA) is 0 Å². The van der Waals surface area contributed by atoms with Crippen molar-refractivity contribution in [3.8, 4) is 11.1 Å². The summed E-state index contributed by atoms with van der Waals surface area (Å²) in [7, 11) is 0. The Kier molecular flexibility index (Phi) is 8.18. The van der Waals surface area contributed by atoms with Crippen molar-refractivity contribution in [2.24, 2.45) is 11.3 Å². The molecule has 4 aliphatic carbocycles. The first kappa shape index (κ1) is 34.3. The van der Waals surface area contributed by atoms with E-state index in [9.17, 15) is 0 Å². The van der Waals surface area contributed by atoms with Gasteiger partial charge in [-0.15, -0.1) is 24.8 Å². The second-order valence-corrected chi connectivity index (χ2v) is 30.5. The molecule has 3 aromatic rings. The quantitative estimate of drug-likeness (QED) is 0.197. The SMILES string of the molecule is Cl.Cl.[CH2]=[Zr]([CH3])([C]1=CC(C(C)(C)C)=CC1CC)([C]1=Cc2cc3c(cc2C1(C)C)Cc1cc2c(cc1-3)C=CC2(C)C)[c]1ccccc1. The number of halogens is 2. The summed E-state index contributed by atoms with van der Waals surface area (Å²) < 4.78 is 12.9. The van der Waals surface area contributed by atoms with E-state index < -0.39 is 18.3 Å². The van der Waals surface area contributed by atoms with E-state index in [1.165, 1.54) is 53.4 Å². The third-order valence-corrected chi connectivity index (χ3v) is 26.9. The first-order valence-corrected chi connectivity index (χ1v) is 24.3. The third kappa shape index (κ3) is 4.81. The van der Waals surface area contributed by atoms with Crippen LogP contribution in [0.15, 0.2) is 85.0 Å². The van der Waals surface area contributed by atoms with Crippen LogP contribution in [0, 0.1) is 11.3 Å². The third-order valence-electron chi connectivity index (χ3n) is 11.7. The van der Waals surface area contributed by atoms with Gasteiger partial charge in [0.05, 0.1) is 0 Å². The number of hydrogen-bond donors (Lipinski definition) is 0. The molecule has 4 aliphatic rings. The molecule has 0 spiro atoms. The van der Waals surface area contributed by atoms with Crippen molar-refractivity contribution in [2.45, 2.75) is 83.7 Å². The summed E-state index contributed by atoms with van der Waals surface area (Å²) in [5.41, 5.74) is 13.2. The van der Waals surface area contributed by atoms with Gasteiger partial charge in [0.15, 0.2) is 0 Å². The van der Waals surface area contributed by atoms with Crippen LogP contribution >= 0.6 is 24.8 Å². The first-order chi connectivity index (χ1) is 20.0. The van der Waals surface area contributed by atoms with E-state index in [2.05, 4.69) is 145 Å². The molecular formula is C42H50Cl2Zr. The van der Waals surface area contributed by atoms with Crippen LogP contribution < -0.4 is 3.27 Å². The van der Waals surface area contributed by atoms with E-state index in [1.54, 1.807) is 6.56 Å². The van der Waals surface area contributed by atoms with Crippen molar-refractivity contribution in [1.82, 2.24) is 0 Å². The molecule has 45 heavy (non-hydrogen) atoms. The predicted octanol–water partition coefficient (Wildman–Crippen LogP) is 11.4. The minimum atomic E-state index is -4.29. The molecule has 7 rings (SSSR count). The molecule has 0 nitrogen and oxygen atoms in total. The van der Waals surface area contributed by atoms with Gasteiger partial charge < -0.3 is 0 Å².